The third-order valence-corrected chi connectivity index (χ3v) is 6.26. The molecule has 2 saturated carbocycles. The van der Waals surface area contributed by atoms with Gasteiger partial charge >= 0.3 is 0 Å². The van der Waals surface area contributed by atoms with E-state index in [-0.39, 0.29) is 5.60 Å². The lowest BCUT2D eigenvalue weighted by Crippen LogP contribution is -2.55. The fourth-order valence-electron chi connectivity index (χ4n) is 5.28. The first-order chi connectivity index (χ1) is 7.95. The summed E-state index contributed by atoms with van der Waals surface area (Å²) in [7, 11) is 0. The Morgan fingerprint density at radius 2 is 1.88 bits per heavy atom. The van der Waals surface area contributed by atoms with Gasteiger partial charge in [0, 0.05) is 12.5 Å². The van der Waals surface area contributed by atoms with Crippen molar-refractivity contribution in [3.05, 3.63) is 0 Å². The van der Waals surface area contributed by atoms with Crippen LogP contribution in [0.5, 0.6) is 0 Å². The molecule has 0 amide bonds. The number of aliphatic hydroxyl groups excluding tert-OH is 1. The van der Waals surface area contributed by atoms with Crippen LogP contribution in [-0.2, 0) is 4.74 Å². The summed E-state index contributed by atoms with van der Waals surface area (Å²) in [5.74, 6) is 1.13. The van der Waals surface area contributed by atoms with Crippen LogP contribution >= 0.6 is 0 Å². The van der Waals surface area contributed by atoms with E-state index in [1.807, 2.05) is 0 Å². The van der Waals surface area contributed by atoms with Crippen LogP contribution in [0.2, 0.25) is 0 Å². The average Bonchev–Trinajstić information content (AvgIpc) is 2.97. The number of aliphatic hydroxyl groups is 1. The van der Waals surface area contributed by atoms with Gasteiger partial charge in [-0.15, -0.1) is 0 Å². The fraction of sp³-hybridized carbons (Fsp3) is 1.00. The highest BCUT2D eigenvalue weighted by Gasteiger charge is 2.64. The molecule has 3 rings (SSSR count). The Bertz CT molecular complexity index is 313. The van der Waals surface area contributed by atoms with Gasteiger partial charge in [-0.1, -0.05) is 27.2 Å². The molecule has 0 aromatic carbocycles. The Morgan fingerprint density at radius 3 is 2.47 bits per heavy atom. The maximum absolute atomic E-state index is 9.86. The molecular formula is C15H26O2. The Morgan fingerprint density at radius 1 is 1.18 bits per heavy atom. The molecule has 2 nitrogen and oxygen atoms in total. The molecule has 3 fully saturated rings. The third kappa shape index (κ3) is 1.53. The van der Waals surface area contributed by atoms with E-state index in [1.54, 1.807) is 0 Å². The summed E-state index contributed by atoms with van der Waals surface area (Å²) >= 11 is 0. The maximum atomic E-state index is 9.86. The van der Waals surface area contributed by atoms with Gasteiger partial charge in [0.1, 0.15) is 0 Å². The minimum Gasteiger partial charge on any atom is -0.396 e. The molecule has 2 heteroatoms. The molecule has 0 radical (unpaired) electrons. The molecule has 0 aromatic rings. The quantitative estimate of drug-likeness (QED) is 0.712. The van der Waals surface area contributed by atoms with Gasteiger partial charge in [0.2, 0.25) is 0 Å². The normalized spacial score (nSPS) is 52.2. The van der Waals surface area contributed by atoms with E-state index in [4.69, 9.17) is 4.74 Å². The van der Waals surface area contributed by atoms with Crippen molar-refractivity contribution in [1.29, 1.82) is 0 Å². The first kappa shape index (κ1) is 12.0. The van der Waals surface area contributed by atoms with Crippen molar-refractivity contribution in [2.45, 2.75) is 58.5 Å². The van der Waals surface area contributed by atoms with Gasteiger partial charge in [-0.05, 0) is 42.4 Å². The predicted molar refractivity (Wildman–Crippen MR) is 67.7 cm³/mol. The van der Waals surface area contributed by atoms with Crippen LogP contribution in [0.25, 0.3) is 0 Å². The molecule has 2 aliphatic carbocycles. The molecule has 17 heavy (non-hydrogen) atoms. The van der Waals surface area contributed by atoms with Crippen LogP contribution in [0.3, 0.4) is 0 Å². The standard InChI is InChI=1S/C15H26O2/c1-13(2)6-4-7-14(3)11(13)5-8-15(10-17-15)12(14)9-16/h11-12,16H,4-10H2,1-3H3. The second-order valence-corrected chi connectivity index (χ2v) is 7.53. The van der Waals surface area contributed by atoms with Crippen LogP contribution < -0.4 is 0 Å². The summed E-state index contributed by atoms with van der Waals surface area (Å²) in [6.07, 6.45) is 6.39. The lowest BCUT2D eigenvalue weighted by molar-refractivity contribution is -0.119. The molecule has 0 bridgehead atoms. The number of hydrogen-bond acceptors (Lipinski definition) is 2. The van der Waals surface area contributed by atoms with E-state index in [0.29, 0.717) is 23.4 Å². The number of hydrogen-bond donors (Lipinski definition) is 1. The average molecular weight is 238 g/mol. The molecule has 1 heterocycles. The largest absolute Gasteiger partial charge is 0.396 e. The molecule has 3 aliphatic rings. The van der Waals surface area contributed by atoms with Crippen LogP contribution in [0.4, 0.5) is 0 Å². The van der Waals surface area contributed by atoms with Gasteiger partial charge in [0.05, 0.1) is 12.2 Å². The first-order valence-electron chi connectivity index (χ1n) is 7.19. The molecule has 1 N–H and O–H groups in total. The lowest BCUT2D eigenvalue weighted by atomic mass is 9.46. The summed E-state index contributed by atoms with van der Waals surface area (Å²) in [5, 5.41) is 9.86. The highest BCUT2D eigenvalue weighted by Crippen LogP contribution is 2.65. The van der Waals surface area contributed by atoms with Crippen molar-refractivity contribution in [2.24, 2.45) is 22.7 Å². The number of epoxide rings is 1. The van der Waals surface area contributed by atoms with Crippen molar-refractivity contribution in [1.82, 2.24) is 0 Å². The van der Waals surface area contributed by atoms with Crippen LogP contribution in [0, 0.1) is 22.7 Å². The summed E-state index contributed by atoms with van der Waals surface area (Å²) in [6, 6.07) is 0. The van der Waals surface area contributed by atoms with E-state index >= 15 is 0 Å². The van der Waals surface area contributed by atoms with Crippen molar-refractivity contribution in [3.8, 4) is 0 Å². The van der Waals surface area contributed by atoms with Crippen molar-refractivity contribution in [3.63, 3.8) is 0 Å². The Balaban J connectivity index is 1.96. The van der Waals surface area contributed by atoms with Gasteiger partial charge in [0.25, 0.3) is 0 Å². The highest BCUT2D eigenvalue weighted by atomic mass is 16.6. The second-order valence-electron chi connectivity index (χ2n) is 7.53. The second kappa shape index (κ2) is 3.48. The van der Waals surface area contributed by atoms with Crippen LogP contribution in [-0.4, -0.2) is 23.9 Å². The zero-order valence-corrected chi connectivity index (χ0v) is 11.5. The highest BCUT2D eigenvalue weighted by molar-refractivity contribution is 5.13. The minimum atomic E-state index is 0.0629. The van der Waals surface area contributed by atoms with Gasteiger partial charge in [0.15, 0.2) is 0 Å². The third-order valence-electron chi connectivity index (χ3n) is 6.26. The maximum Gasteiger partial charge on any atom is 0.0971 e. The van der Waals surface area contributed by atoms with Gasteiger partial charge in [-0.25, -0.2) is 0 Å². The fourth-order valence-corrected chi connectivity index (χ4v) is 5.28. The number of fused-ring (bicyclic) bond motifs is 1. The summed E-state index contributed by atoms with van der Waals surface area (Å²) < 4.78 is 5.76. The Labute approximate surface area is 105 Å². The van der Waals surface area contributed by atoms with Crippen molar-refractivity contribution < 1.29 is 9.84 Å². The minimum absolute atomic E-state index is 0.0629. The summed E-state index contributed by atoms with van der Waals surface area (Å²) in [5.41, 5.74) is 0.801. The number of rotatable bonds is 1. The Hall–Kier alpha value is -0.0800. The lowest BCUT2D eigenvalue weighted by Gasteiger charge is -2.58. The molecule has 1 spiro atoms. The Kier molecular flexibility index (Phi) is 2.45. The van der Waals surface area contributed by atoms with Gasteiger partial charge in [-0.2, -0.15) is 0 Å². The molecule has 4 unspecified atom stereocenters. The molecule has 0 aromatic heterocycles. The molecule has 98 valence electrons. The van der Waals surface area contributed by atoms with E-state index < -0.39 is 0 Å². The van der Waals surface area contributed by atoms with Crippen molar-refractivity contribution in [2.75, 3.05) is 13.2 Å². The van der Waals surface area contributed by atoms with E-state index in [0.717, 1.165) is 12.5 Å². The zero-order chi connectivity index (χ0) is 12.3. The molecular weight excluding hydrogens is 212 g/mol. The smallest absolute Gasteiger partial charge is 0.0971 e. The number of ether oxygens (including phenoxy) is 1. The molecule has 1 saturated heterocycles. The summed E-state index contributed by atoms with van der Waals surface area (Å²) in [6.45, 7) is 8.47. The van der Waals surface area contributed by atoms with E-state index in [2.05, 4.69) is 20.8 Å². The topological polar surface area (TPSA) is 32.8 Å². The SMILES string of the molecule is CC1(C)CCCC2(C)C1CCC1(CO1)C2CO. The van der Waals surface area contributed by atoms with Gasteiger partial charge in [-0.3, -0.25) is 0 Å². The van der Waals surface area contributed by atoms with Gasteiger partial charge < -0.3 is 9.84 Å². The van der Waals surface area contributed by atoms with Crippen LogP contribution in [0.1, 0.15) is 52.9 Å². The van der Waals surface area contributed by atoms with Crippen molar-refractivity contribution >= 4 is 0 Å². The predicted octanol–water partition coefficient (Wildman–Crippen LogP) is 2.99. The van der Waals surface area contributed by atoms with Crippen LogP contribution in [0.15, 0.2) is 0 Å². The monoisotopic (exact) mass is 238 g/mol. The zero-order valence-electron chi connectivity index (χ0n) is 11.5. The van der Waals surface area contributed by atoms with E-state index in [1.165, 1.54) is 32.1 Å². The molecule has 1 aliphatic heterocycles. The first-order valence-corrected chi connectivity index (χ1v) is 7.19. The molecule has 4 atom stereocenters. The summed E-state index contributed by atoms with van der Waals surface area (Å²) in [4.78, 5) is 0. The van der Waals surface area contributed by atoms with E-state index in [9.17, 15) is 5.11 Å².